The molecule has 34 heavy (non-hydrogen) atoms. The van der Waals surface area contributed by atoms with Crippen LogP contribution >= 0.6 is 0 Å². The Morgan fingerprint density at radius 2 is 2.15 bits per heavy atom. The first-order valence-electron chi connectivity index (χ1n) is 11.0. The molecule has 0 spiro atoms. The Kier molecular flexibility index (Phi) is 6.82. The van der Waals surface area contributed by atoms with E-state index in [0.29, 0.717) is 74.9 Å². The molecule has 0 aliphatic carbocycles. The highest BCUT2D eigenvalue weighted by Gasteiger charge is 2.28. The SMILES string of the molecule is CCOc1nc(N2CCN(C(=NC)NC#N)CC2)ccc1NC(=O)c1coc2c1C(=O)NCC2. The zero-order valence-electron chi connectivity index (χ0n) is 19.1. The van der Waals surface area contributed by atoms with E-state index in [1.165, 1.54) is 6.26 Å². The number of hydrogen-bond acceptors (Lipinski definition) is 8. The maximum atomic E-state index is 12.9. The van der Waals surface area contributed by atoms with Crippen molar-refractivity contribution in [1.29, 1.82) is 5.26 Å². The van der Waals surface area contributed by atoms with Crippen LogP contribution in [0, 0.1) is 11.5 Å². The van der Waals surface area contributed by atoms with Gasteiger partial charge in [-0.3, -0.25) is 19.9 Å². The Labute approximate surface area is 196 Å². The van der Waals surface area contributed by atoms with E-state index >= 15 is 0 Å². The first-order chi connectivity index (χ1) is 16.5. The highest BCUT2D eigenvalue weighted by atomic mass is 16.5. The molecule has 0 aromatic carbocycles. The lowest BCUT2D eigenvalue weighted by atomic mass is 10.0. The fraction of sp³-hybridized carbons (Fsp3) is 0.409. The van der Waals surface area contributed by atoms with E-state index in [1.807, 2.05) is 24.1 Å². The van der Waals surface area contributed by atoms with E-state index in [1.54, 1.807) is 13.1 Å². The molecule has 2 aromatic rings. The highest BCUT2D eigenvalue weighted by molar-refractivity contribution is 6.13. The van der Waals surface area contributed by atoms with Crippen LogP contribution in [0.25, 0.3) is 0 Å². The molecule has 0 saturated carbocycles. The van der Waals surface area contributed by atoms with Crippen LogP contribution in [0.15, 0.2) is 27.8 Å². The third-order valence-corrected chi connectivity index (χ3v) is 5.63. The molecule has 0 radical (unpaired) electrons. The smallest absolute Gasteiger partial charge is 0.259 e. The molecular formula is C22H26N8O4. The van der Waals surface area contributed by atoms with Crippen molar-refractivity contribution in [2.75, 3.05) is 56.6 Å². The second-order valence-electron chi connectivity index (χ2n) is 7.62. The monoisotopic (exact) mass is 466 g/mol. The number of anilines is 2. The first kappa shape index (κ1) is 22.9. The maximum absolute atomic E-state index is 12.9. The molecule has 1 fully saturated rings. The van der Waals surface area contributed by atoms with Gasteiger partial charge in [0.05, 0.1) is 17.7 Å². The summed E-state index contributed by atoms with van der Waals surface area (Å²) in [5.41, 5.74) is 0.846. The number of aromatic nitrogens is 1. The number of nitriles is 1. The van der Waals surface area contributed by atoms with Crippen molar-refractivity contribution >= 4 is 29.3 Å². The Bertz CT molecular complexity index is 1140. The Balaban J connectivity index is 1.48. The second-order valence-corrected chi connectivity index (χ2v) is 7.62. The van der Waals surface area contributed by atoms with Crippen molar-refractivity contribution in [2.24, 2.45) is 4.99 Å². The van der Waals surface area contributed by atoms with Gasteiger partial charge in [-0.05, 0) is 19.1 Å². The summed E-state index contributed by atoms with van der Waals surface area (Å²) in [6.07, 6.45) is 3.75. The lowest BCUT2D eigenvalue weighted by Gasteiger charge is -2.36. The van der Waals surface area contributed by atoms with Gasteiger partial charge >= 0.3 is 0 Å². The zero-order valence-corrected chi connectivity index (χ0v) is 19.1. The van der Waals surface area contributed by atoms with Crippen molar-refractivity contribution in [3.05, 3.63) is 35.3 Å². The minimum atomic E-state index is -0.470. The van der Waals surface area contributed by atoms with Gasteiger partial charge in [-0.2, -0.15) is 10.2 Å². The third kappa shape index (κ3) is 4.59. The lowest BCUT2D eigenvalue weighted by molar-refractivity contribution is 0.0931. The number of ether oxygens (including phenoxy) is 1. The van der Waals surface area contributed by atoms with Crippen LogP contribution in [0.1, 0.15) is 33.4 Å². The van der Waals surface area contributed by atoms with E-state index in [4.69, 9.17) is 14.4 Å². The van der Waals surface area contributed by atoms with E-state index in [0.717, 1.165) is 0 Å². The Morgan fingerprint density at radius 1 is 1.35 bits per heavy atom. The van der Waals surface area contributed by atoms with Gasteiger partial charge in [0, 0.05) is 46.2 Å². The average Bonchev–Trinajstić information content (AvgIpc) is 3.30. The molecule has 3 N–H and O–H groups in total. The summed E-state index contributed by atoms with van der Waals surface area (Å²) in [6, 6.07) is 3.55. The minimum absolute atomic E-state index is 0.175. The van der Waals surface area contributed by atoms with Crippen LogP contribution in [0.5, 0.6) is 5.88 Å². The number of carbonyl (C=O) groups excluding carboxylic acids is 2. The molecule has 2 aliphatic heterocycles. The average molecular weight is 467 g/mol. The molecule has 4 heterocycles. The largest absolute Gasteiger partial charge is 0.476 e. The number of rotatable bonds is 5. The Hall–Kier alpha value is -4.27. The number of amides is 2. The number of guanidine groups is 1. The maximum Gasteiger partial charge on any atom is 0.259 e. The van der Waals surface area contributed by atoms with Gasteiger partial charge in [-0.1, -0.05) is 0 Å². The van der Waals surface area contributed by atoms with Crippen molar-refractivity contribution in [1.82, 2.24) is 20.5 Å². The van der Waals surface area contributed by atoms with Crippen LogP contribution in [-0.4, -0.2) is 74.0 Å². The summed E-state index contributed by atoms with van der Waals surface area (Å²) in [7, 11) is 1.64. The van der Waals surface area contributed by atoms with E-state index in [2.05, 4.69) is 30.8 Å². The van der Waals surface area contributed by atoms with Crippen LogP contribution in [-0.2, 0) is 6.42 Å². The highest BCUT2D eigenvalue weighted by Crippen LogP contribution is 2.28. The fourth-order valence-electron chi connectivity index (χ4n) is 3.99. The molecule has 4 rings (SSSR count). The van der Waals surface area contributed by atoms with E-state index < -0.39 is 5.91 Å². The summed E-state index contributed by atoms with van der Waals surface area (Å²) in [6.45, 7) is 5.36. The molecule has 12 heteroatoms. The minimum Gasteiger partial charge on any atom is -0.476 e. The molecule has 2 aromatic heterocycles. The van der Waals surface area contributed by atoms with Gasteiger partial charge < -0.3 is 29.6 Å². The molecule has 178 valence electrons. The molecular weight excluding hydrogens is 440 g/mol. The number of nitrogens with zero attached hydrogens (tertiary/aromatic N) is 5. The molecule has 2 amide bonds. The molecule has 2 aliphatic rings. The summed E-state index contributed by atoms with van der Waals surface area (Å²) < 4.78 is 11.1. The predicted molar refractivity (Wildman–Crippen MR) is 124 cm³/mol. The second kappa shape index (κ2) is 10.1. The van der Waals surface area contributed by atoms with Gasteiger partial charge in [0.1, 0.15) is 23.5 Å². The van der Waals surface area contributed by atoms with Crippen molar-refractivity contribution < 1.29 is 18.7 Å². The number of furan rings is 1. The van der Waals surface area contributed by atoms with E-state index in [9.17, 15) is 9.59 Å². The number of fused-ring (bicyclic) bond motifs is 1. The van der Waals surface area contributed by atoms with Crippen molar-refractivity contribution in [2.45, 2.75) is 13.3 Å². The molecule has 1 saturated heterocycles. The number of nitrogens with one attached hydrogen (secondary N) is 3. The summed E-state index contributed by atoms with van der Waals surface area (Å²) in [4.78, 5) is 38.0. The van der Waals surface area contributed by atoms with Gasteiger partial charge in [0.25, 0.3) is 11.8 Å². The van der Waals surface area contributed by atoms with Crippen LogP contribution < -0.4 is 25.6 Å². The van der Waals surface area contributed by atoms with Crippen LogP contribution in [0.2, 0.25) is 0 Å². The molecule has 0 unspecified atom stereocenters. The van der Waals surface area contributed by atoms with Gasteiger partial charge in [0.2, 0.25) is 11.8 Å². The van der Waals surface area contributed by atoms with Crippen LogP contribution in [0.3, 0.4) is 0 Å². The number of pyridine rings is 1. The van der Waals surface area contributed by atoms with Gasteiger partial charge in [0.15, 0.2) is 6.19 Å². The van der Waals surface area contributed by atoms with Gasteiger partial charge in [-0.15, -0.1) is 0 Å². The topological polar surface area (TPSA) is 148 Å². The molecule has 12 nitrogen and oxygen atoms in total. The van der Waals surface area contributed by atoms with Gasteiger partial charge in [-0.25, -0.2) is 0 Å². The normalized spacial score (nSPS) is 15.8. The zero-order chi connectivity index (χ0) is 24.1. The number of carbonyl (C=O) groups is 2. The Morgan fingerprint density at radius 3 is 2.85 bits per heavy atom. The predicted octanol–water partition coefficient (Wildman–Crippen LogP) is 0.790. The fourth-order valence-corrected chi connectivity index (χ4v) is 3.99. The first-order valence-corrected chi connectivity index (χ1v) is 11.0. The summed E-state index contributed by atoms with van der Waals surface area (Å²) in [5, 5.41) is 17.0. The van der Waals surface area contributed by atoms with Crippen LogP contribution in [0.4, 0.5) is 11.5 Å². The quantitative estimate of drug-likeness (QED) is 0.252. The summed E-state index contributed by atoms with van der Waals surface area (Å²) in [5.74, 6) is 1.26. The number of aliphatic imine (C=N–C) groups is 1. The molecule has 0 bridgehead atoms. The van der Waals surface area contributed by atoms with E-state index in [-0.39, 0.29) is 17.0 Å². The number of hydrogen-bond donors (Lipinski definition) is 3. The van der Waals surface area contributed by atoms with Crippen molar-refractivity contribution in [3.63, 3.8) is 0 Å². The number of piperazine rings is 1. The lowest BCUT2D eigenvalue weighted by Crippen LogP contribution is -2.52. The van der Waals surface area contributed by atoms with Crippen molar-refractivity contribution in [3.8, 4) is 12.1 Å². The summed E-state index contributed by atoms with van der Waals surface area (Å²) >= 11 is 0. The third-order valence-electron chi connectivity index (χ3n) is 5.63. The molecule has 0 atom stereocenters. The standard InChI is InChI=1S/C22H26N8O4/c1-3-33-21-15(27-19(31)14-12-34-16-6-7-25-20(32)18(14)16)4-5-17(28-21)29-8-10-30(11-9-29)22(24-2)26-13-23/h4-5,12H,3,6-11H2,1-2H3,(H,24,26)(H,25,32)(H,27,31).